The molecule has 5 nitrogen and oxygen atoms in total. The van der Waals surface area contributed by atoms with Crippen molar-refractivity contribution >= 4 is 5.97 Å². The van der Waals surface area contributed by atoms with Gasteiger partial charge in [-0.2, -0.15) is 0 Å². The van der Waals surface area contributed by atoms with Gasteiger partial charge in [0, 0.05) is 18.4 Å². The molecule has 0 amide bonds. The molecule has 5 atom stereocenters. The number of hydrogen-bond donors (Lipinski definition) is 1. The molecule has 2 aliphatic heterocycles. The van der Waals surface area contributed by atoms with Crippen molar-refractivity contribution in [1.82, 2.24) is 0 Å². The van der Waals surface area contributed by atoms with Crippen LogP contribution in [0.3, 0.4) is 0 Å². The van der Waals surface area contributed by atoms with Gasteiger partial charge in [-0.1, -0.05) is 30.3 Å². The van der Waals surface area contributed by atoms with Crippen LogP contribution in [0.25, 0.3) is 0 Å². The number of fused-ring (bicyclic) bond motifs is 4. The Morgan fingerprint density at radius 3 is 2.63 bits per heavy atom. The molecule has 1 saturated carbocycles. The maximum Gasteiger partial charge on any atom is 0.338 e. The Bertz CT molecular complexity index is 516. The van der Waals surface area contributed by atoms with Crippen LogP contribution >= 0.6 is 0 Å². The van der Waals surface area contributed by atoms with E-state index in [-0.39, 0.29) is 18.6 Å². The third kappa shape index (κ3) is 1.62. The van der Waals surface area contributed by atoms with Gasteiger partial charge in [0.1, 0.15) is 12.2 Å². The quantitative estimate of drug-likeness (QED) is 0.762. The highest BCUT2D eigenvalue weighted by molar-refractivity contribution is 5.82. The van der Waals surface area contributed by atoms with Crippen LogP contribution in [0.5, 0.6) is 0 Å². The van der Waals surface area contributed by atoms with E-state index in [1.54, 1.807) is 0 Å². The summed E-state index contributed by atoms with van der Waals surface area (Å²) in [5.41, 5.74) is -0.452. The molecule has 3 aliphatic rings. The lowest BCUT2D eigenvalue weighted by Gasteiger charge is -2.29. The number of carbonyl (C=O) groups excluding carboxylic acids is 1. The van der Waals surface area contributed by atoms with Crippen LogP contribution in [0.4, 0.5) is 0 Å². The fraction of sp³-hybridized carbons (Fsp3) is 0.500. The van der Waals surface area contributed by atoms with Crippen LogP contribution in [0.2, 0.25) is 0 Å². The smallest absolute Gasteiger partial charge is 0.338 e. The van der Waals surface area contributed by atoms with E-state index in [1.165, 1.54) is 0 Å². The van der Waals surface area contributed by atoms with Crippen molar-refractivity contribution in [2.75, 3.05) is 0 Å². The molecule has 1 aromatic rings. The fourth-order valence-electron chi connectivity index (χ4n) is 3.14. The minimum atomic E-state index is -1.39. The zero-order valence-electron chi connectivity index (χ0n) is 10.2. The molecule has 1 N–H and O–H groups in total. The van der Waals surface area contributed by atoms with Crippen LogP contribution in [0.1, 0.15) is 24.7 Å². The van der Waals surface area contributed by atoms with E-state index in [0.717, 1.165) is 5.56 Å². The number of carbonyl (C=O) groups is 1. The maximum atomic E-state index is 11.6. The average molecular weight is 262 g/mol. The number of esters is 1. The summed E-state index contributed by atoms with van der Waals surface area (Å²) in [4.78, 5) is 11.6. The minimum Gasteiger partial charge on any atom is -0.457 e. The zero-order valence-corrected chi connectivity index (χ0v) is 10.2. The van der Waals surface area contributed by atoms with Gasteiger partial charge in [0.05, 0.1) is 6.10 Å². The molecule has 2 saturated heterocycles. The van der Waals surface area contributed by atoms with Crippen LogP contribution in [-0.4, -0.2) is 35.0 Å². The van der Waals surface area contributed by atoms with Crippen molar-refractivity contribution in [3.63, 3.8) is 0 Å². The molecule has 3 fully saturated rings. The Morgan fingerprint density at radius 2 is 1.84 bits per heavy atom. The van der Waals surface area contributed by atoms with E-state index >= 15 is 0 Å². The molecule has 100 valence electrons. The highest BCUT2D eigenvalue weighted by Gasteiger charge is 2.61. The first-order valence-electron chi connectivity index (χ1n) is 6.45. The summed E-state index contributed by atoms with van der Waals surface area (Å²) in [7, 11) is 0. The predicted molar refractivity (Wildman–Crippen MR) is 63.0 cm³/mol. The monoisotopic (exact) mass is 262 g/mol. The molecule has 0 spiro atoms. The molecular weight excluding hydrogens is 248 g/mol. The topological polar surface area (TPSA) is 65.0 Å². The first kappa shape index (κ1) is 11.4. The van der Waals surface area contributed by atoms with E-state index in [2.05, 4.69) is 0 Å². The Labute approximate surface area is 110 Å². The van der Waals surface area contributed by atoms with Gasteiger partial charge in [-0.15, -0.1) is 0 Å². The van der Waals surface area contributed by atoms with E-state index in [4.69, 9.17) is 14.2 Å². The molecule has 4 rings (SSSR count). The minimum absolute atomic E-state index is 0.246. The number of aliphatic hydroxyl groups is 1. The Morgan fingerprint density at radius 1 is 1.11 bits per heavy atom. The molecule has 2 bridgehead atoms. The molecule has 0 radical (unpaired) electrons. The van der Waals surface area contributed by atoms with Crippen LogP contribution in [0, 0.1) is 0 Å². The highest BCUT2D eigenvalue weighted by Crippen LogP contribution is 2.46. The SMILES string of the molecule is O=C1O[C@@H]2C[C@@]1(O)C[C@H]1O[C@H](c3ccccc3)O[C@@H]21. The van der Waals surface area contributed by atoms with Crippen molar-refractivity contribution in [3.8, 4) is 0 Å². The Balaban J connectivity index is 1.59. The standard InChI is InChI=1S/C14H14O5/c15-13-14(16)6-9-11(10(7-14)18-13)19-12(17-9)8-4-2-1-3-5-8/h1-5,9-12,16H,6-7H2/t9-,10-,11-,12+,14+/m1/s1. The van der Waals surface area contributed by atoms with Gasteiger partial charge in [0.25, 0.3) is 0 Å². The number of ether oxygens (including phenoxy) is 3. The van der Waals surface area contributed by atoms with E-state index < -0.39 is 24.0 Å². The summed E-state index contributed by atoms with van der Waals surface area (Å²) in [5, 5.41) is 10.2. The molecule has 2 heterocycles. The van der Waals surface area contributed by atoms with Crippen molar-refractivity contribution in [2.45, 2.75) is 43.0 Å². The van der Waals surface area contributed by atoms with Gasteiger partial charge >= 0.3 is 5.97 Å². The first-order chi connectivity index (χ1) is 9.16. The molecule has 0 aromatic heterocycles. The largest absolute Gasteiger partial charge is 0.457 e. The molecule has 5 heteroatoms. The lowest BCUT2D eigenvalue weighted by Crippen LogP contribution is -2.47. The number of hydrogen-bond acceptors (Lipinski definition) is 5. The van der Waals surface area contributed by atoms with Crippen molar-refractivity contribution in [2.24, 2.45) is 0 Å². The second-order valence-electron chi connectivity index (χ2n) is 5.40. The van der Waals surface area contributed by atoms with E-state index in [0.29, 0.717) is 6.42 Å². The maximum absolute atomic E-state index is 11.6. The van der Waals surface area contributed by atoms with Crippen molar-refractivity contribution < 1.29 is 24.1 Å². The van der Waals surface area contributed by atoms with Crippen LogP contribution in [-0.2, 0) is 19.0 Å². The summed E-state index contributed by atoms with van der Waals surface area (Å²) in [5.74, 6) is -0.546. The van der Waals surface area contributed by atoms with Crippen molar-refractivity contribution in [3.05, 3.63) is 35.9 Å². The number of rotatable bonds is 1. The summed E-state index contributed by atoms with van der Waals surface area (Å²) in [6.07, 6.45) is -0.867. The summed E-state index contributed by atoms with van der Waals surface area (Å²) >= 11 is 0. The second-order valence-corrected chi connectivity index (χ2v) is 5.40. The summed E-state index contributed by atoms with van der Waals surface area (Å²) in [6, 6.07) is 9.63. The lowest BCUT2D eigenvalue weighted by atomic mass is 9.82. The molecule has 0 unspecified atom stereocenters. The van der Waals surface area contributed by atoms with Gasteiger partial charge in [0.15, 0.2) is 11.9 Å². The fourth-order valence-corrected chi connectivity index (χ4v) is 3.14. The molecular formula is C14H14O5. The van der Waals surface area contributed by atoms with Crippen molar-refractivity contribution in [1.29, 1.82) is 0 Å². The Kier molecular flexibility index (Phi) is 2.27. The highest BCUT2D eigenvalue weighted by atomic mass is 16.7. The lowest BCUT2D eigenvalue weighted by molar-refractivity contribution is -0.158. The Hall–Kier alpha value is -1.43. The zero-order chi connectivity index (χ0) is 13.0. The van der Waals surface area contributed by atoms with Crippen LogP contribution < -0.4 is 0 Å². The van der Waals surface area contributed by atoms with Gasteiger partial charge in [-0.3, -0.25) is 0 Å². The van der Waals surface area contributed by atoms with Gasteiger partial charge in [0.2, 0.25) is 0 Å². The van der Waals surface area contributed by atoms with E-state index in [1.807, 2.05) is 30.3 Å². The van der Waals surface area contributed by atoms with E-state index in [9.17, 15) is 9.90 Å². The first-order valence-corrected chi connectivity index (χ1v) is 6.45. The van der Waals surface area contributed by atoms with Crippen LogP contribution in [0.15, 0.2) is 30.3 Å². The molecule has 19 heavy (non-hydrogen) atoms. The molecule has 1 aromatic carbocycles. The van der Waals surface area contributed by atoms with Gasteiger partial charge in [-0.05, 0) is 0 Å². The predicted octanol–water partition coefficient (Wildman–Crippen LogP) is 0.920. The molecule has 1 aliphatic carbocycles. The summed E-state index contributed by atoms with van der Waals surface area (Å²) in [6.45, 7) is 0. The van der Waals surface area contributed by atoms with Gasteiger partial charge in [-0.25, -0.2) is 4.79 Å². The third-order valence-electron chi connectivity index (χ3n) is 4.10. The number of benzene rings is 1. The normalized spacial score (nSPS) is 43.9. The second kappa shape index (κ2) is 3.79. The third-order valence-corrected chi connectivity index (χ3v) is 4.10. The van der Waals surface area contributed by atoms with Gasteiger partial charge < -0.3 is 19.3 Å². The summed E-state index contributed by atoms with van der Waals surface area (Å²) < 4.78 is 16.9. The average Bonchev–Trinajstić information content (AvgIpc) is 2.92.